The van der Waals surface area contributed by atoms with Crippen molar-refractivity contribution in [3.63, 3.8) is 0 Å². The van der Waals surface area contributed by atoms with Crippen LogP contribution in [-0.2, 0) is 0 Å². The summed E-state index contributed by atoms with van der Waals surface area (Å²) in [4.78, 5) is 15.2. The molecule has 0 fully saturated rings. The number of carbonyl (C=O) groups is 1. The second-order valence-corrected chi connectivity index (χ2v) is 6.14. The van der Waals surface area contributed by atoms with Crippen molar-refractivity contribution >= 4 is 34.3 Å². The van der Waals surface area contributed by atoms with Gasteiger partial charge in [-0.05, 0) is 37.0 Å². The number of carbonyl (C=O) groups excluding carboxylic acids is 1. The lowest BCUT2D eigenvalue weighted by Gasteiger charge is -2.03. The van der Waals surface area contributed by atoms with Crippen LogP contribution in [0.2, 0.25) is 0 Å². The molecule has 0 unspecified atom stereocenters. The minimum atomic E-state index is -0.0605. The molecule has 4 nitrogen and oxygen atoms in total. The van der Waals surface area contributed by atoms with Crippen molar-refractivity contribution < 1.29 is 4.79 Å². The van der Waals surface area contributed by atoms with Gasteiger partial charge in [-0.3, -0.25) is 4.79 Å². The van der Waals surface area contributed by atoms with Gasteiger partial charge in [-0.25, -0.2) is 0 Å². The highest BCUT2D eigenvalue weighted by Crippen LogP contribution is 2.20. The monoisotopic (exact) mass is 305 g/mol. The first-order valence-electron chi connectivity index (χ1n) is 7.36. The Labute approximate surface area is 129 Å². The van der Waals surface area contributed by atoms with E-state index >= 15 is 0 Å². The van der Waals surface area contributed by atoms with Crippen LogP contribution in [-0.4, -0.2) is 29.4 Å². The minimum absolute atomic E-state index is 0.0605. The number of para-hydroxylation sites is 1. The van der Waals surface area contributed by atoms with Crippen molar-refractivity contribution in [2.45, 2.75) is 25.7 Å². The summed E-state index contributed by atoms with van der Waals surface area (Å²) < 4.78 is 0. The number of unbranched alkanes of at least 4 members (excludes halogenated alkanes) is 3. The molecule has 0 saturated heterocycles. The molecule has 4 N–H and O–H groups in total. The highest BCUT2D eigenvalue weighted by atomic mass is 32.2. The van der Waals surface area contributed by atoms with E-state index in [9.17, 15) is 4.79 Å². The Bertz CT molecular complexity index is 594. The van der Waals surface area contributed by atoms with Gasteiger partial charge in [0.1, 0.15) is 5.69 Å². The van der Waals surface area contributed by atoms with Gasteiger partial charge < -0.3 is 16.0 Å². The topological polar surface area (TPSA) is 70.9 Å². The number of nitrogens with two attached hydrogens (primary N) is 1. The van der Waals surface area contributed by atoms with Crippen LogP contribution in [0.1, 0.15) is 36.2 Å². The standard InChI is InChI=1S/C16H23N3OS/c1-21-10-5-3-2-4-9-18-16(20)14-11-12-7-6-8-13(17)15(12)19-14/h6-8,11,19H,2-5,9-10,17H2,1H3,(H,18,20). The van der Waals surface area contributed by atoms with Crippen molar-refractivity contribution in [3.05, 3.63) is 30.0 Å². The number of aromatic amines is 1. The Hall–Kier alpha value is -1.62. The van der Waals surface area contributed by atoms with Crippen LogP contribution in [0.5, 0.6) is 0 Å². The van der Waals surface area contributed by atoms with Gasteiger partial charge in [0.2, 0.25) is 0 Å². The third-order valence-corrected chi connectivity index (χ3v) is 4.19. The predicted molar refractivity (Wildman–Crippen MR) is 91.9 cm³/mol. The molecule has 1 aromatic heterocycles. The molecule has 1 heterocycles. The summed E-state index contributed by atoms with van der Waals surface area (Å²) in [5, 5.41) is 3.92. The van der Waals surface area contributed by atoms with Gasteiger partial charge in [0.25, 0.3) is 5.91 Å². The van der Waals surface area contributed by atoms with E-state index in [4.69, 9.17) is 5.73 Å². The van der Waals surface area contributed by atoms with Crippen molar-refractivity contribution in [3.8, 4) is 0 Å². The lowest BCUT2D eigenvalue weighted by Crippen LogP contribution is -2.24. The van der Waals surface area contributed by atoms with Crippen LogP contribution in [0.4, 0.5) is 5.69 Å². The SMILES string of the molecule is CSCCCCCCNC(=O)c1cc2cccc(N)c2[nH]1. The largest absolute Gasteiger partial charge is 0.397 e. The van der Waals surface area contributed by atoms with Crippen LogP contribution in [0.15, 0.2) is 24.3 Å². The van der Waals surface area contributed by atoms with Crippen molar-refractivity contribution in [1.29, 1.82) is 0 Å². The van der Waals surface area contributed by atoms with E-state index in [1.807, 2.05) is 36.0 Å². The number of hydrogen-bond donors (Lipinski definition) is 3. The molecule has 0 aliphatic rings. The van der Waals surface area contributed by atoms with E-state index in [2.05, 4.69) is 16.6 Å². The van der Waals surface area contributed by atoms with E-state index in [0.717, 1.165) is 23.9 Å². The molecule has 21 heavy (non-hydrogen) atoms. The summed E-state index contributed by atoms with van der Waals surface area (Å²) in [5.41, 5.74) is 7.96. The van der Waals surface area contributed by atoms with E-state index in [0.29, 0.717) is 11.4 Å². The van der Waals surface area contributed by atoms with E-state index < -0.39 is 0 Å². The molecule has 0 radical (unpaired) electrons. The molecule has 0 spiro atoms. The number of benzene rings is 1. The molecule has 0 saturated carbocycles. The van der Waals surface area contributed by atoms with Gasteiger partial charge in [0.05, 0.1) is 11.2 Å². The maximum absolute atomic E-state index is 12.1. The third kappa shape index (κ3) is 4.43. The maximum atomic E-state index is 12.1. The number of nitrogen functional groups attached to an aromatic ring is 1. The number of nitrogens with one attached hydrogen (secondary N) is 2. The fourth-order valence-electron chi connectivity index (χ4n) is 2.32. The summed E-state index contributed by atoms with van der Waals surface area (Å²) in [7, 11) is 0. The van der Waals surface area contributed by atoms with Crippen molar-refractivity contribution in [2.24, 2.45) is 0 Å². The molecule has 0 aliphatic carbocycles. The molecule has 2 aromatic rings. The van der Waals surface area contributed by atoms with E-state index in [1.165, 1.54) is 25.0 Å². The lowest BCUT2D eigenvalue weighted by atomic mass is 10.2. The fourth-order valence-corrected chi connectivity index (χ4v) is 2.82. The number of thioether (sulfide) groups is 1. The summed E-state index contributed by atoms with van der Waals surface area (Å²) >= 11 is 1.89. The second kappa shape index (κ2) is 7.98. The summed E-state index contributed by atoms with van der Waals surface area (Å²) in [6.45, 7) is 0.725. The Balaban J connectivity index is 1.78. The molecule has 1 amide bonds. The van der Waals surface area contributed by atoms with Crippen molar-refractivity contribution in [1.82, 2.24) is 10.3 Å². The highest BCUT2D eigenvalue weighted by Gasteiger charge is 2.09. The van der Waals surface area contributed by atoms with Crippen molar-refractivity contribution in [2.75, 3.05) is 24.3 Å². The highest BCUT2D eigenvalue weighted by molar-refractivity contribution is 7.98. The Kier molecular flexibility index (Phi) is 5.99. The van der Waals surface area contributed by atoms with Gasteiger partial charge >= 0.3 is 0 Å². The van der Waals surface area contributed by atoms with Crippen LogP contribution in [0.3, 0.4) is 0 Å². The number of amides is 1. The van der Waals surface area contributed by atoms with Gasteiger partial charge in [0, 0.05) is 11.9 Å². The quantitative estimate of drug-likeness (QED) is 0.517. The first-order valence-corrected chi connectivity index (χ1v) is 8.76. The average Bonchev–Trinajstić information content (AvgIpc) is 2.92. The molecule has 0 atom stereocenters. The summed E-state index contributed by atoms with van der Waals surface area (Å²) in [6.07, 6.45) is 6.83. The van der Waals surface area contributed by atoms with E-state index in [1.54, 1.807) is 0 Å². The lowest BCUT2D eigenvalue weighted by molar-refractivity contribution is 0.0949. The Morgan fingerprint density at radius 2 is 2.10 bits per heavy atom. The molecular weight excluding hydrogens is 282 g/mol. The van der Waals surface area contributed by atoms with Crippen LogP contribution in [0, 0.1) is 0 Å². The van der Waals surface area contributed by atoms with Crippen LogP contribution >= 0.6 is 11.8 Å². The average molecular weight is 305 g/mol. The fraction of sp³-hybridized carbons (Fsp3) is 0.438. The molecule has 114 valence electrons. The molecule has 2 rings (SSSR count). The van der Waals surface area contributed by atoms with Crippen LogP contribution < -0.4 is 11.1 Å². The first kappa shape index (κ1) is 15.8. The zero-order chi connectivity index (χ0) is 15.1. The number of anilines is 1. The molecular formula is C16H23N3OS. The second-order valence-electron chi connectivity index (χ2n) is 5.16. The molecule has 0 aliphatic heterocycles. The number of H-pyrrole nitrogens is 1. The number of hydrogen-bond acceptors (Lipinski definition) is 3. The Morgan fingerprint density at radius 1 is 1.29 bits per heavy atom. The van der Waals surface area contributed by atoms with Gasteiger partial charge in [-0.2, -0.15) is 11.8 Å². The summed E-state index contributed by atoms with van der Waals surface area (Å²) in [6, 6.07) is 7.51. The number of rotatable bonds is 8. The molecule has 0 bridgehead atoms. The van der Waals surface area contributed by atoms with Gasteiger partial charge in [-0.15, -0.1) is 0 Å². The smallest absolute Gasteiger partial charge is 0.267 e. The van der Waals surface area contributed by atoms with Gasteiger partial charge in [0.15, 0.2) is 0 Å². The zero-order valence-electron chi connectivity index (χ0n) is 12.4. The number of aromatic nitrogens is 1. The zero-order valence-corrected chi connectivity index (χ0v) is 13.3. The first-order chi connectivity index (χ1) is 10.2. The van der Waals surface area contributed by atoms with Crippen LogP contribution in [0.25, 0.3) is 10.9 Å². The summed E-state index contributed by atoms with van der Waals surface area (Å²) in [5.74, 6) is 1.16. The molecule has 5 heteroatoms. The third-order valence-electron chi connectivity index (χ3n) is 3.49. The van der Waals surface area contributed by atoms with Gasteiger partial charge in [-0.1, -0.05) is 25.0 Å². The predicted octanol–water partition coefficient (Wildman–Crippen LogP) is 3.40. The normalized spacial score (nSPS) is 10.9. The Morgan fingerprint density at radius 3 is 2.86 bits per heavy atom. The number of fused-ring (bicyclic) bond motifs is 1. The van der Waals surface area contributed by atoms with E-state index in [-0.39, 0.29) is 5.91 Å². The molecule has 1 aromatic carbocycles. The minimum Gasteiger partial charge on any atom is -0.397 e. The maximum Gasteiger partial charge on any atom is 0.267 e.